The second-order valence-electron chi connectivity index (χ2n) is 8.21. The molecule has 0 amide bonds. The maximum atomic E-state index is 13.0. The van der Waals surface area contributed by atoms with Crippen LogP contribution in [0.1, 0.15) is 31.4 Å². The lowest BCUT2D eigenvalue weighted by Gasteiger charge is -2.20. The number of esters is 1. The lowest BCUT2D eigenvalue weighted by Crippen LogP contribution is -2.42. The summed E-state index contributed by atoms with van der Waals surface area (Å²) in [6.07, 6.45) is -4.74. The molecule has 0 radical (unpaired) electrons. The summed E-state index contributed by atoms with van der Waals surface area (Å²) >= 11 is 0. The number of rotatable bonds is 8. The second kappa shape index (κ2) is 10.1. The maximum absolute atomic E-state index is 13.0. The number of alkyl halides is 3. The summed E-state index contributed by atoms with van der Waals surface area (Å²) in [5.41, 5.74) is -1.58. The van der Waals surface area contributed by atoms with Crippen molar-refractivity contribution in [3.63, 3.8) is 0 Å². The standard InChI is InChI=1S/C23H22F3NO7S/c1-13(2)8-19(27-35(31,32)17-5-3-4-15(10-17)23(24,25)26)22(30)33-12-14-9-21(29)34-20-11-16(28)6-7-18(14)20/h3-7,9-11,13,19,27-28H,8,12H2,1-2H3/t19-/m0/s1. The van der Waals surface area contributed by atoms with Gasteiger partial charge in [0.1, 0.15) is 24.0 Å². The highest BCUT2D eigenvalue weighted by Crippen LogP contribution is 2.30. The van der Waals surface area contributed by atoms with Crippen LogP contribution in [0.15, 0.2) is 62.6 Å². The molecule has 0 saturated carbocycles. The first kappa shape index (κ1) is 26.2. The predicted octanol–water partition coefficient (Wildman–Crippen LogP) is 3.95. The van der Waals surface area contributed by atoms with E-state index in [4.69, 9.17) is 9.15 Å². The number of ether oxygens (including phenoxy) is 1. The van der Waals surface area contributed by atoms with Crippen molar-refractivity contribution in [2.45, 2.75) is 44.0 Å². The fourth-order valence-electron chi connectivity index (χ4n) is 3.35. The fraction of sp³-hybridized carbons (Fsp3) is 0.304. The Morgan fingerprint density at radius 3 is 2.51 bits per heavy atom. The van der Waals surface area contributed by atoms with Crippen LogP contribution in [0.5, 0.6) is 5.75 Å². The molecule has 2 aromatic carbocycles. The molecule has 0 saturated heterocycles. The van der Waals surface area contributed by atoms with Crippen molar-refractivity contribution < 1.29 is 40.6 Å². The Hall–Kier alpha value is -3.38. The third-order valence-electron chi connectivity index (χ3n) is 4.94. The number of sulfonamides is 1. The topological polar surface area (TPSA) is 123 Å². The van der Waals surface area contributed by atoms with Gasteiger partial charge in [0, 0.05) is 23.1 Å². The number of benzene rings is 2. The van der Waals surface area contributed by atoms with Crippen LogP contribution in [0.25, 0.3) is 11.0 Å². The molecule has 3 rings (SSSR count). The molecule has 8 nitrogen and oxygen atoms in total. The average molecular weight is 513 g/mol. The molecule has 0 aliphatic rings. The van der Waals surface area contributed by atoms with Gasteiger partial charge in [-0.15, -0.1) is 0 Å². The van der Waals surface area contributed by atoms with Crippen LogP contribution in [0, 0.1) is 5.92 Å². The van der Waals surface area contributed by atoms with Crippen molar-refractivity contribution >= 4 is 27.0 Å². The number of fused-ring (bicyclic) bond motifs is 1. The van der Waals surface area contributed by atoms with E-state index < -0.39 is 50.9 Å². The highest BCUT2D eigenvalue weighted by Gasteiger charge is 2.33. The number of carbonyl (C=O) groups is 1. The molecular weight excluding hydrogens is 491 g/mol. The molecule has 0 aliphatic carbocycles. The van der Waals surface area contributed by atoms with Crippen LogP contribution in [0.4, 0.5) is 13.2 Å². The zero-order chi connectivity index (χ0) is 26.0. The van der Waals surface area contributed by atoms with E-state index in [1.807, 2.05) is 0 Å². The van der Waals surface area contributed by atoms with Gasteiger partial charge in [0.15, 0.2) is 0 Å². The molecule has 0 fully saturated rings. The van der Waals surface area contributed by atoms with Crippen LogP contribution >= 0.6 is 0 Å². The molecule has 35 heavy (non-hydrogen) atoms. The summed E-state index contributed by atoms with van der Waals surface area (Å²) in [5, 5.41) is 9.96. The monoisotopic (exact) mass is 513 g/mol. The summed E-state index contributed by atoms with van der Waals surface area (Å²) in [6.45, 7) is 3.04. The summed E-state index contributed by atoms with van der Waals surface area (Å²) in [4.78, 5) is 24.0. The number of phenolic OH excluding ortho intramolecular Hbond substituents is 1. The Labute approximate surface area is 198 Å². The number of hydrogen-bond acceptors (Lipinski definition) is 7. The van der Waals surface area contributed by atoms with Gasteiger partial charge < -0.3 is 14.3 Å². The minimum Gasteiger partial charge on any atom is -0.508 e. The first-order valence-corrected chi connectivity index (χ1v) is 11.9. The van der Waals surface area contributed by atoms with Crippen molar-refractivity contribution in [2.75, 3.05) is 0 Å². The van der Waals surface area contributed by atoms with E-state index in [1.54, 1.807) is 13.8 Å². The highest BCUT2D eigenvalue weighted by molar-refractivity contribution is 7.89. The van der Waals surface area contributed by atoms with E-state index in [0.717, 1.165) is 24.3 Å². The van der Waals surface area contributed by atoms with E-state index >= 15 is 0 Å². The molecule has 12 heteroatoms. The maximum Gasteiger partial charge on any atom is 0.416 e. The van der Waals surface area contributed by atoms with E-state index in [-0.39, 0.29) is 29.2 Å². The minimum atomic E-state index is -4.75. The van der Waals surface area contributed by atoms with Crippen LogP contribution in [-0.2, 0) is 32.3 Å². The first-order valence-electron chi connectivity index (χ1n) is 10.4. The van der Waals surface area contributed by atoms with Gasteiger partial charge in [-0.05, 0) is 42.7 Å². The third-order valence-corrected chi connectivity index (χ3v) is 6.41. The molecule has 188 valence electrons. The Bertz CT molecular complexity index is 1400. The molecule has 2 N–H and O–H groups in total. The van der Waals surface area contributed by atoms with Crippen LogP contribution in [0.2, 0.25) is 0 Å². The minimum absolute atomic E-state index is 0.00255. The Morgan fingerprint density at radius 2 is 1.86 bits per heavy atom. The number of phenols is 1. The van der Waals surface area contributed by atoms with Crippen molar-refractivity contribution in [3.05, 3.63) is 70.1 Å². The quantitative estimate of drug-likeness (QED) is 0.345. The lowest BCUT2D eigenvalue weighted by atomic mass is 10.0. The van der Waals surface area contributed by atoms with Gasteiger partial charge >= 0.3 is 17.8 Å². The number of hydrogen-bond donors (Lipinski definition) is 2. The Morgan fingerprint density at radius 1 is 1.14 bits per heavy atom. The van der Waals surface area contributed by atoms with Crippen molar-refractivity contribution in [1.82, 2.24) is 4.72 Å². The Kier molecular flexibility index (Phi) is 7.56. The highest BCUT2D eigenvalue weighted by atomic mass is 32.2. The summed E-state index contributed by atoms with van der Waals surface area (Å²) in [6, 6.07) is 6.87. The van der Waals surface area contributed by atoms with Crippen LogP contribution in [0.3, 0.4) is 0 Å². The van der Waals surface area contributed by atoms with Gasteiger partial charge in [0.2, 0.25) is 10.0 Å². The zero-order valence-corrected chi connectivity index (χ0v) is 19.4. The molecule has 0 bridgehead atoms. The SMILES string of the molecule is CC(C)C[C@H](NS(=O)(=O)c1cccc(C(F)(F)F)c1)C(=O)OCc1cc(=O)oc2cc(O)ccc12. The van der Waals surface area contributed by atoms with Gasteiger partial charge in [-0.3, -0.25) is 4.79 Å². The van der Waals surface area contributed by atoms with E-state index in [2.05, 4.69) is 4.72 Å². The predicted molar refractivity (Wildman–Crippen MR) is 119 cm³/mol. The molecule has 0 aliphatic heterocycles. The average Bonchev–Trinajstić information content (AvgIpc) is 2.75. The molecule has 1 aromatic heterocycles. The van der Waals surface area contributed by atoms with Crippen molar-refractivity contribution in [2.24, 2.45) is 5.92 Å². The number of nitrogens with one attached hydrogen (secondary N) is 1. The first-order chi connectivity index (χ1) is 16.3. The molecular formula is C23H22F3NO7S. The molecule has 1 heterocycles. The number of carbonyl (C=O) groups excluding carboxylic acids is 1. The van der Waals surface area contributed by atoms with E-state index in [0.29, 0.717) is 11.5 Å². The second-order valence-corrected chi connectivity index (χ2v) is 9.92. The van der Waals surface area contributed by atoms with Crippen molar-refractivity contribution in [1.29, 1.82) is 0 Å². The summed E-state index contributed by atoms with van der Waals surface area (Å²) < 4.78 is 77.0. The normalized spacial score (nSPS) is 13.2. The molecule has 1 atom stereocenters. The van der Waals surface area contributed by atoms with E-state index in [1.165, 1.54) is 18.2 Å². The van der Waals surface area contributed by atoms with Gasteiger partial charge in [-0.1, -0.05) is 19.9 Å². The fourth-order valence-corrected chi connectivity index (χ4v) is 4.59. The van der Waals surface area contributed by atoms with Crippen LogP contribution < -0.4 is 10.3 Å². The largest absolute Gasteiger partial charge is 0.508 e. The van der Waals surface area contributed by atoms with Crippen LogP contribution in [-0.4, -0.2) is 25.5 Å². The Balaban J connectivity index is 1.83. The smallest absolute Gasteiger partial charge is 0.416 e. The van der Waals surface area contributed by atoms with Gasteiger partial charge in [-0.25, -0.2) is 13.2 Å². The van der Waals surface area contributed by atoms with Gasteiger partial charge in [-0.2, -0.15) is 17.9 Å². The summed E-state index contributed by atoms with van der Waals surface area (Å²) in [5.74, 6) is -1.30. The lowest BCUT2D eigenvalue weighted by molar-refractivity contribution is -0.147. The number of halogens is 3. The molecule has 0 spiro atoms. The van der Waals surface area contributed by atoms with E-state index in [9.17, 15) is 36.3 Å². The summed E-state index contributed by atoms with van der Waals surface area (Å²) in [7, 11) is -4.51. The number of aromatic hydroxyl groups is 1. The third kappa shape index (κ3) is 6.61. The molecule has 0 unspecified atom stereocenters. The molecule has 3 aromatic rings. The van der Waals surface area contributed by atoms with Crippen molar-refractivity contribution in [3.8, 4) is 5.75 Å². The van der Waals surface area contributed by atoms with Gasteiger partial charge in [0.05, 0.1) is 10.5 Å². The van der Waals surface area contributed by atoms with Gasteiger partial charge in [0.25, 0.3) is 0 Å². The zero-order valence-electron chi connectivity index (χ0n) is 18.6.